The van der Waals surface area contributed by atoms with Gasteiger partial charge in [0.1, 0.15) is 16.5 Å². The molecule has 0 amide bonds. The van der Waals surface area contributed by atoms with Gasteiger partial charge in [0.25, 0.3) is 0 Å². The molecule has 1 heterocycles. The Morgan fingerprint density at radius 1 is 1.16 bits per heavy atom. The molecule has 0 saturated heterocycles. The van der Waals surface area contributed by atoms with E-state index in [1.54, 1.807) is 25.6 Å². The minimum Gasteiger partial charge on any atom is -0.497 e. The van der Waals surface area contributed by atoms with E-state index < -0.39 is 0 Å². The SMILES string of the molecule is CNC(C)c1cnc(-c2cc(OC)cc(OC)c2)s1. The van der Waals surface area contributed by atoms with Crippen LogP contribution in [0.5, 0.6) is 11.5 Å². The highest BCUT2D eigenvalue weighted by Crippen LogP contribution is 2.33. The summed E-state index contributed by atoms with van der Waals surface area (Å²) in [4.78, 5) is 5.68. The largest absolute Gasteiger partial charge is 0.497 e. The van der Waals surface area contributed by atoms with Crippen molar-refractivity contribution in [1.82, 2.24) is 10.3 Å². The lowest BCUT2D eigenvalue weighted by molar-refractivity contribution is 0.394. The van der Waals surface area contributed by atoms with E-state index in [2.05, 4.69) is 17.2 Å². The van der Waals surface area contributed by atoms with Crippen LogP contribution in [0.25, 0.3) is 10.6 Å². The number of benzene rings is 1. The summed E-state index contributed by atoms with van der Waals surface area (Å²) in [5, 5.41) is 4.18. The second kappa shape index (κ2) is 6.04. The molecule has 2 rings (SSSR count). The van der Waals surface area contributed by atoms with Gasteiger partial charge in [0.15, 0.2) is 0 Å². The number of methoxy groups -OCH3 is 2. The second-order valence-electron chi connectivity index (χ2n) is 4.18. The maximum absolute atomic E-state index is 5.28. The summed E-state index contributed by atoms with van der Waals surface area (Å²) >= 11 is 1.67. The van der Waals surface area contributed by atoms with Gasteiger partial charge in [-0.05, 0) is 26.1 Å². The number of thiazole rings is 1. The van der Waals surface area contributed by atoms with Crippen molar-refractivity contribution in [1.29, 1.82) is 0 Å². The molecule has 4 nitrogen and oxygen atoms in total. The average Bonchev–Trinajstić information content (AvgIpc) is 2.95. The fourth-order valence-corrected chi connectivity index (χ4v) is 2.66. The maximum Gasteiger partial charge on any atom is 0.123 e. The van der Waals surface area contributed by atoms with E-state index in [4.69, 9.17) is 9.47 Å². The third-order valence-corrected chi connectivity index (χ3v) is 4.21. The normalized spacial score (nSPS) is 12.2. The van der Waals surface area contributed by atoms with Crippen molar-refractivity contribution in [2.24, 2.45) is 0 Å². The number of hydrogen-bond donors (Lipinski definition) is 1. The molecule has 5 heteroatoms. The molecule has 0 bridgehead atoms. The molecule has 2 aromatic rings. The predicted octanol–water partition coefficient (Wildman–Crippen LogP) is 3.11. The molecule has 1 unspecified atom stereocenters. The summed E-state index contributed by atoms with van der Waals surface area (Å²) in [7, 11) is 5.24. The standard InChI is InChI=1S/C14H18N2O2S/c1-9(15-2)13-8-16-14(19-13)10-5-11(17-3)7-12(6-10)18-4/h5-9,15H,1-4H3. The van der Waals surface area contributed by atoms with Crippen LogP contribution in [-0.2, 0) is 0 Å². The first kappa shape index (κ1) is 13.8. The van der Waals surface area contributed by atoms with Crippen molar-refractivity contribution in [2.45, 2.75) is 13.0 Å². The van der Waals surface area contributed by atoms with Gasteiger partial charge in [-0.15, -0.1) is 11.3 Å². The fraction of sp³-hybridized carbons (Fsp3) is 0.357. The quantitative estimate of drug-likeness (QED) is 0.912. The summed E-state index contributed by atoms with van der Waals surface area (Å²) in [5.74, 6) is 1.54. The molecule has 0 spiro atoms. The van der Waals surface area contributed by atoms with E-state index in [0.29, 0.717) is 6.04 Å². The zero-order valence-electron chi connectivity index (χ0n) is 11.6. The molecule has 0 aliphatic carbocycles. The summed E-state index contributed by atoms with van der Waals surface area (Å²) in [6, 6.07) is 6.09. The summed E-state index contributed by atoms with van der Waals surface area (Å²) in [6.45, 7) is 2.11. The maximum atomic E-state index is 5.28. The molecule has 1 aromatic heterocycles. The first-order chi connectivity index (χ1) is 9.17. The minimum atomic E-state index is 0.304. The van der Waals surface area contributed by atoms with E-state index in [-0.39, 0.29) is 0 Å². The first-order valence-electron chi connectivity index (χ1n) is 6.04. The molecule has 0 aliphatic rings. The predicted molar refractivity (Wildman–Crippen MR) is 78.1 cm³/mol. The van der Waals surface area contributed by atoms with Gasteiger partial charge in [-0.25, -0.2) is 4.98 Å². The van der Waals surface area contributed by atoms with Gasteiger partial charge in [-0.3, -0.25) is 0 Å². The van der Waals surface area contributed by atoms with E-state index in [1.165, 1.54) is 4.88 Å². The lowest BCUT2D eigenvalue weighted by Gasteiger charge is -2.07. The van der Waals surface area contributed by atoms with Crippen LogP contribution < -0.4 is 14.8 Å². The van der Waals surface area contributed by atoms with Gasteiger partial charge in [-0.2, -0.15) is 0 Å². The Balaban J connectivity index is 2.37. The van der Waals surface area contributed by atoms with Gasteiger partial charge in [-0.1, -0.05) is 0 Å². The van der Waals surface area contributed by atoms with Crippen LogP contribution >= 0.6 is 11.3 Å². The van der Waals surface area contributed by atoms with Gasteiger partial charge in [0, 0.05) is 28.7 Å². The number of nitrogens with one attached hydrogen (secondary N) is 1. The molecule has 1 N–H and O–H groups in total. The molecule has 0 fully saturated rings. The van der Waals surface area contributed by atoms with Gasteiger partial charge in [0.2, 0.25) is 0 Å². The Labute approximate surface area is 117 Å². The van der Waals surface area contributed by atoms with E-state index in [0.717, 1.165) is 22.1 Å². The highest BCUT2D eigenvalue weighted by molar-refractivity contribution is 7.15. The number of ether oxygens (including phenoxy) is 2. The minimum absolute atomic E-state index is 0.304. The van der Waals surface area contributed by atoms with Crippen LogP contribution in [0.2, 0.25) is 0 Å². The van der Waals surface area contributed by atoms with E-state index in [1.807, 2.05) is 31.4 Å². The highest BCUT2D eigenvalue weighted by atomic mass is 32.1. The zero-order chi connectivity index (χ0) is 13.8. The second-order valence-corrected chi connectivity index (χ2v) is 5.24. The van der Waals surface area contributed by atoms with Crippen molar-refractivity contribution in [3.63, 3.8) is 0 Å². The number of rotatable bonds is 5. The highest BCUT2D eigenvalue weighted by Gasteiger charge is 2.11. The molecule has 19 heavy (non-hydrogen) atoms. The molecule has 0 aliphatic heterocycles. The number of hydrogen-bond acceptors (Lipinski definition) is 5. The molecular weight excluding hydrogens is 260 g/mol. The smallest absolute Gasteiger partial charge is 0.123 e. The van der Waals surface area contributed by atoms with E-state index >= 15 is 0 Å². The Morgan fingerprint density at radius 3 is 2.32 bits per heavy atom. The Kier molecular flexibility index (Phi) is 4.39. The first-order valence-corrected chi connectivity index (χ1v) is 6.86. The van der Waals surface area contributed by atoms with Crippen LogP contribution in [0.15, 0.2) is 24.4 Å². The molecule has 1 aromatic carbocycles. The van der Waals surface area contributed by atoms with Crippen LogP contribution in [0.4, 0.5) is 0 Å². The van der Waals surface area contributed by atoms with Crippen molar-refractivity contribution in [2.75, 3.05) is 21.3 Å². The van der Waals surface area contributed by atoms with Gasteiger partial charge >= 0.3 is 0 Å². The van der Waals surface area contributed by atoms with Crippen LogP contribution in [0.1, 0.15) is 17.8 Å². The average molecular weight is 278 g/mol. The van der Waals surface area contributed by atoms with Crippen molar-refractivity contribution in [3.05, 3.63) is 29.3 Å². The lowest BCUT2D eigenvalue weighted by atomic mass is 10.2. The van der Waals surface area contributed by atoms with E-state index in [9.17, 15) is 0 Å². The van der Waals surface area contributed by atoms with Crippen LogP contribution in [0, 0.1) is 0 Å². The van der Waals surface area contributed by atoms with Crippen LogP contribution in [-0.4, -0.2) is 26.3 Å². The molecule has 102 valence electrons. The molecule has 0 radical (unpaired) electrons. The summed E-state index contributed by atoms with van der Waals surface area (Å²) in [5.41, 5.74) is 1.01. The Bertz CT molecular complexity index is 532. The molecule has 0 saturated carbocycles. The van der Waals surface area contributed by atoms with Gasteiger partial charge < -0.3 is 14.8 Å². The zero-order valence-corrected chi connectivity index (χ0v) is 12.4. The molecule has 1 atom stereocenters. The number of aromatic nitrogens is 1. The number of nitrogens with zero attached hydrogens (tertiary/aromatic N) is 1. The molecular formula is C14H18N2O2S. The van der Waals surface area contributed by atoms with Gasteiger partial charge in [0.05, 0.1) is 14.2 Å². The monoisotopic (exact) mass is 278 g/mol. The van der Waals surface area contributed by atoms with Crippen LogP contribution in [0.3, 0.4) is 0 Å². The van der Waals surface area contributed by atoms with Crippen molar-refractivity contribution in [3.8, 4) is 22.1 Å². The Hall–Kier alpha value is -1.59. The Morgan fingerprint density at radius 2 is 1.79 bits per heavy atom. The third-order valence-electron chi connectivity index (χ3n) is 2.98. The topological polar surface area (TPSA) is 43.4 Å². The fourth-order valence-electron chi connectivity index (χ4n) is 1.69. The van der Waals surface area contributed by atoms with Crippen molar-refractivity contribution < 1.29 is 9.47 Å². The van der Waals surface area contributed by atoms with Crippen molar-refractivity contribution >= 4 is 11.3 Å². The lowest BCUT2D eigenvalue weighted by Crippen LogP contribution is -2.10. The summed E-state index contributed by atoms with van der Waals surface area (Å²) < 4.78 is 10.6. The summed E-state index contributed by atoms with van der Waals surface area (Å²) in [6.07, 6.45) is 1.91. The third kappa shape index (κ3) is 3.05.